The SMILES string of the molecule is CON[C@@H](C)C(=O)OC(C)(C)C. The average Bonchev–Trinajstić information content (AvgIpc) is 1.84. The quantitative estimate of drug-likeness (QED) is 0.510. The van der Waals surface area contributed by atoms with E-state index in [1.54, 1.807) is 6.92 Å². The van der Waals surface area contributed by atoms with Gasteiger partial charge in [-0.3, -0.25) is 4.79 Å². The van der Waals surface area contributed by atoms with Crippen molar-refractivity contribution in [3.63, 3.8) is 0 Å². The highest BCUT2D eigenvalue weighted by molar-refractivity contribution is 5.75. The van der Waals surface area contributed by atoms with Crippen LogP contribution in [0.1, 0.15) is 27.7 Å². The number of carbonyl (C=O) groups excluding carboxylic acids is 1. The van der Waals surface area contributed by atoms with E-state index in [2.05, 4.69) is 10.3 Å². The molecule has 0 aromatic heterocycles. The van der Waals surface area contributed by atoms with E-state index >= 15 is 0 Å². The molecule has 0 unspecified atom stereocenters. The number of esters is 1. The number of ether oxygens (including phenoxy) is 1. The van der Waals surface area contributed by atoms with Crippen molar-refractivity contribution < 1.29 is 14.4 Å². The molecule has 0 aromatic carbocycles. The lowest BCUT2D eigenvalue weighted by molar-refractivity contribution is -0.160. The van der Waals surface area contributed by atoms with Crippen molar-refractivity contribution in [3.8, 4) is 0 Å². The highest BCUT2D eigenvalue weighted by Crippen LogP contribution is 2.07. The first-order chi connectivity index (χ1) is 5.37. The van der Waals surface area contributed by atoms with Crippen LogP contribution in [0, 0.1) is 0 Å². The van der Waals surface area contributed by atoms with Crippen LogP contribution in [0.3, 0.4) is 0 Å². The summed E-state index contributed by atoms with van der Waals surface area (Å²) < 4.78 is 5.07. The second kappa shape index (κ2) is 4.42. The van der Waals surface area contributed by atoms with Crippen LogP contribution in [0.4, 0.5) is 0 Å². The zero-order valence-electron chi connectivity index (χ0n) is 8.30. The van der Waals surface area contributed by atoms with E-state index in [1.807, 2.05) is 20.8 Å². The van der Waals surface area contributed by atoms with Crippen molar-refractivity contribution >= 4 is 5.97 Å². The van der Waals surface area contributed by atoms with Crippen LogP contribution < -0.4 is 5.48 Å². The molecule has 0 aliphatic heterocycles. The molecule has 0 radical (unpaired) electrons. The number of hydroxylamine groups is 1. The fourth-order valence-electron chi connectivity index (χ4n) is 0.615. The third-order valence-electron chi connectivity index (χ3n) is 1.05. The molecule has 0 heterocycles. The predicted molar refractivity (Wildman–Crippen MR) is 45.5 cm³/mol. The maximum Gasteiger partial charge on any atom is 0.325 e. The summed E-state index contributed by atoms with van der Waals surface area (Å²) in [6.45, 7) is 7.15. The van der Waals surface area contributed by atoms with Gasteiger partial charge in [-0.25, -0.2) is 0 Å². The van der Waals surface area contributed by atoms with Gasteiger partial charge in [0.25, 0.3) is 0 Å². The van der Waals surface area contributed by atoms with Gasteiger partial charge < -0.3 is 9.57 Å². The van der Waals surface area contributed by atoms with Crippen LogP contribution in [0.15, 0.2) is 0 Å². The Hall–Kier alpha value is -0.610. The van der Waals surface area contributed by atoms with Gasteiger partial charge in [0.05, 0.1) is 7.11 Å². The molecule has 0 rings (SSSR count). The van der Waals surface area contributed by atoms with E-state index in [-0.39, 0.29) is 5.97 Å². The zero-order chi connectivity index (χ0) is 9.78. The molecule has 0 aromatic rings. The predicted octanol–water partition coefficient (Wildman–Crippen LogP) is 0.868. The molecule has 12 heavy (non-hydrogen) atoms. The van der Waals surface area contributed by atoms with Gasteiger partial charge in [0.2, 0.25) is 0 Å². The number of hydrogen-bond donors (Lipinski definition) is 1. The van der Waals surface area contributed by atoms with Crippen molar-refractivity contribution in [1.29, 1.82) is 0 Å². The second-order valence-electron chi connectivity index (χ2n) is 3.58. The normalized spacial score (nSPS) is 14.1. The van der Waals surface area contributed by atoms with E-state index in [4.69, 9.17) is 4.74 Å². The van der Waals surface area contributed by atoms with Gasteiger partial charge in [0.1, 0.15) is 11.6 Å². The molecule has 1 N–H and O–H groups in total. The van der Waals surface area contributed by atoms with E-state index < -0.39 is 11.6 Å². The number of carbonyl (C=O) groups is 1. The molecule has 0 saturated carbocycles. The summed E-state index contributed by atoms with van der Waals surface area (Å²) in [5.74, 6) is -0.315. The first-order valence-electron chi connectivity index (χ1n) is 3.88. The van der Waals surface area contributed by atoms with Gasteiger partial charge in [0.15, 0.2) is 0 Å². The first-order valence-corrected chi connectivity index (χ1v) is 3.88. The van der Waals surface area contributed by atoms with Crippen LogP contribution in [0.25, 0.3) is 0 Å². The van der Waals surface area contributed by atoms with E-state index in [1.165, 1.54) is 7.11 Å². The summed E-state index contributed by atoms with van der Waals surface area (Å²) in [5, 5.41) is 0. The van der Waals surface area contributed by atoms with Gasteiger partial charge in [-0.15, -0.1) is 0 Å². The fraction of sp³-hybridized carbons (Fsp3) is 0.875. The summed E-state index contributed by atoms with van der Waals surface area (Å²) in [6, 6.07) is -0.436. The smallest absolute Gasteiger partial charge is 0.325 e. The van der Waals surface area contributed by atoms with Crippen molar-refractivity contribution in [2.45, 2.75) is 39.3 Å². The van der Waals surface area contributed by atoms with Crippen molar-refractivity contribution in [2.24, 2.45) is 0 Å². The Labute approximate surface area is 73.2 Å². The molecule has 0 aliphatic carbocycles. The Morgan fingerprint density at radius 3 is 2.25 bits per heavy atom. The topological polar surface area (TPSA) is 47.6 Å². The van der Waals surface area contributed by atoms with Gasteiger partial charge in [0, 0.05) is 0 Å². The largest absolute Gasteiger partial charge is 0.459 e. The molecule has 0 saturated heterocycles. The van der Waals surface area contributed by atoms with Crippen molar-refractivity contribution in [3.05, 3.63) is 0 Å². The van der Waals surface area contributed by atoms with E-state index in [0.717, 1.165) is 0 Å². The Balaban J connectivity index is 3.87. The maximum atomic E-state index is 11.2. The Morgan fingerprint density at radius 1 is 1.42 bits per heavy atom. The van der Waals surface area contributed by atoms with E-state index in [0.29, 0.717) is 0 Å². The third-order valence-corrected chi connectivity index (χ3v) is 1.05. The second-order valence-corrected chi connectivity index (χ2v) is 3.58. The van der Waals surface area contributed by atoms with Gasteiger partial charge >= 0.3 is 5.97 Å². The van der Waals surface area contributed by atoms with Gasteiger partial charge in [-0.05, 0) is 27.7 Å². The van der Waals surface area contributed by atoms with Crippen LogP contribution in [-0.2, 0) is 14.4 Å². The van der Waals surface area contributed by atoms with Gasteiger partial charge in [-0.2, -0.15) is 5.48 Å². The summed E-state index contributed by atoms with van der Waals surface area (Å²) in [5.41, 5.74) is 2.05. The molecule has 0 fully saturated rings. The molecule has 4 nitrogen and oxygen atoms in total. The molecule has 0 spiro atoms. The first kappa shape index (κ1) is 11.4. The van der Waals surface area contributed by atoms with Crippen molar-refractivity contribution in [1.82, 2.24) is 5.48 Å². The third kappa shape index (κ3) is 5.09. The molecule has 1 atom stereocenters. The molecule has 72 valence electrons. The van der Waals surface area contributed by atoms with Gasteiger partial charge in [-0.1, -0.05) is 0 Å². The van der Waals surface area contributed by atoms with Crippen LogP contribution in [0.5, 0.6) is 0 Å². The highest BCUT2D eigenvalue weighted by Gasteiger charge is 2.21. The van der Waals surface area contributed by atoms with E-state index in [9.17, 15) is 4.79 Å². The summed E-state index contributed by atoms with van der Waals surface area (Å²) in [6.07, 6.45) is 0. The van der Waals surface area contributed by atoms with Crippen LogP contribution >= 0.6 is 0 Å². The summed E-state index contributed by atoms with van der Waals surface area (Å²) in [4.78, 5) is 15.8. The molecule has 0 bridgehead atoms. The minimum absolute atomic E-state index is 0.315. The maximum absolute atomic E-state index is 11.2. The molecule has 0 amide bonds. The highest BCUT2D eigenvalue weighted by atomic mass is 16.6. The average molecular weight is 175 g/mol. The number of nitrogens with one attached hydrogen (secondary N) is 1. The Kier molecular flexibility index (Phi) is 4.20. The summed E-state index contributed by atoms with van der Waals surface area (Å²) in [7, 11) is 1.46. The van der Waals surface area contributed by atoms with Crippen molar-refractivity contribution in [2.75, 3.05) is 7.11 Å². The molecular formula is C8H17NO3. The lowest BCUT2D eigenvalue weighted by atomic mass is 10.2. The minimum Gasteiger partial charge on any atom is -0.459 e. The lowest BCUT2D eigenvalue weighted by Crippen LogP contribution is -2.38. The molecule has 4 heteroatoms. The zero-order valence-corrected chi connectivity index (χ0v) is 8.30. The summed E-state index contributed by atoms with van der Waals surface area (Å²) >= 11 is 0. The molecular weight excluding hydrogens is 158 g/mol. The number of rotatable bonds is 3. The number of hydrogen-bond acceptors (Lipinski definition) is 4. The fourth-order valence-corrected chi connectivity index (χ4v) is 0.615. The monoisotopic (exact) mass is 175 g/mol. The van der Waals surface area contributed by atoms with Crippen LogP contribution in [-0.4, -0.2) is 24.7 Å². The lowest BCUT2D eigenvalue weighted by Gasteiger charge is -2.22. The Bertz CT molecular complexity index is 151. The Morgan fingerprint density at radius 2 is 1.92 bits per heavy atom. The minimum atomic E-state index is -0.444. The standard InChI is InChI=1S/C8H17NO3/c1-6(9-11-5)7(10)12-8(2,3)4/h6,9H,1-5H3/t6-/m0/s1. The van der Waals surface area contributed by atoms with Crippen LogP contribution in [0.2, 0.25) is 0 Å². The molecule has 0 aliphatic rings.